The molecule has 134 valence electrons. The van der Waals surface area contributed by atoms with Gasteiger partial charge in [0.1, 0.15) is 5.75 Å². The SMILES string of the molecule is CCN(Cc1ccc(C2CCN(C)CC2)cc1)c1cccc(OC)c1. The Morgan fingerprint density at radius 3 is 2.44 bits per heavy atom. The summed E-state index contributed by atoms with van der Waals surface area (Å²) in [4.78, 5) is 4.81. The molecule has 0 atom stereocenters. The molecule has 0 N–H and O–H groups in total. The van der Waals surface area contributed by atoms with Gasteiger partial charge in [0.05, 0.1) is 7.11 Å². The molecule has 1 heterocycles. The molecule has 3 heteroatoms. The van der Waals surface area contributed by atoms with Gasteiger partial charge in [-0.3, -0.25) is 0 Å². The van der Waals surface area contributed by atoms with E-state index in [1.54, 1.807) is 7.11 Å². The van der Waals surface area contributed by atoms with Crippen molar-refractivity contribution in [1.29, 1.82) is 0 Å². The maximum atomic E-state index is 5.36. The highest BCUT2D eigenvalue weighted by atomic mass is 16.5. The third-order valence-corrected chi connectivity index (χ3v) is 5.34. The minimum Gasteiger partial charge on any atom is -0.497 e. The Hall–Kier alpha value is -2.00. The number of likely N-dealkylation sites (tertiary alicyclic amines) is 1. The first-order valence-electron chi connectivity index (χ1n) is 9.36. The number of rotatable bonds is 6. The van der Waals surface area contributed by atoms with Crippen molar-refractivity contribution in [3.8, 4) is 5.75 Å². The molecule has 0 aliphatic carbocycles. The zero-order valence-electron chi connectivity index (χ0n) is 15.7. The van der Waals surface area contributed by atoms with Crippen molar-refractivity contribution in [3.05, 3.63) is 59.7 Å². The maximum absolute atomic E-state index is 5.36. The molecule has 25 heavy (non-hydrogen) atoms. The molecule has 1 saturated heterocycles. The predicted molar refractivity (Wildman–Crippen MR) is 106 cm³/mol. The molecule has 1 aliphatic rings. The average molecular weight is 338 g/mol. The Kier molecular flexibility index (Phi) is 5.98. The molecule has 0 radical (unpaired) electrons. The molecule has 0 bridgehead atoms. The molecule has 1 aliphatic heterocycles. The van der Waals surface area contributed by atoms with Gasteiger partial charge in [-0.1, -0.05) is 30.3 Å². The molecule has 2 aromatic carbocycles. The Morgan fingerprint density at radius 2 is 1.80 bits per heavy atom. The quantitative estimate of drug-likeness (QED) is 0.769. The predicted octanol–water partition coefficient (Wildman–Crippen LogP) is 4.53. The fourth-order valence-corrected chi connectivity index (χ4v) is 3.65. The van der Waals surface area contributed by atoms with Gasteiger partial charge in [-0.25, -0.2) is 0 Å². The van der Waals surface area contributed by atoms with Gasteiger partial charge >= 0.3 is 0 Å². The van der Waals surface area contributed by atoms with E-state index in [-0.39, 0.29) is 0 Å². The summed E-state index contributed by atoms with van der Waals surface area (Å²) < 4.78 is 5.36. The van der Waals surface area contributed by atoms with Gasteiger partial charge in [0.15, 0.2) is 0 Å². The van der Waals surface area contributed by atoms with Crippen molar-refractivity contribution in [2.45, 2.75) is 32.2 Å². The van der Waals surface area contributed by atoms with E-state index in [9.17, 15) is 0 Å². The van der Waals surface area contributed by atoms with Crippen LogP contribution in [0.2, 0.25) is 0 Å². The Morgan fingerprint density at radius 1 is 1.08 bits per heavy atom. The highest BCUT2D eigenvalue weighted by molar-refractivity contribution is 5.51. The zero-order valence-corrected chi connectivity index (χ0v) is 15.7. The summed E-state index contributed by atoms with van der Waals surface area (Å²) in [5.74, 6) is 1.64. The van der Waals surface area contributed by atoms with Crippen LogP contribution in [0.4, 0.5) is 5.69 Å². The Bertz CT molecular complexity index is 660. The third-order valence-electron chi connectivity index (χ3n) is 5.34. The van der Waals surface area contributed by atoms with E-state index in [0.717, 1.165) is 24.8 Å². The lowest BCUT2D eigenvalue weighted by Crippen LogP contribution is -2.29. The highest BCUT2D eigenvalue weighted by Gasteiger charge is 2.18. The van der Waals surface area contributed by atoms with Gasteiger partial charge in [0, 0.05) is 24.8 Å². The second kappa shape index (κ2) is 8.39. The maximum Gasteiger partial charge on any atom is 0.120 e. The van der Waals surface area contributed by atoms with Crippen LogP contribution in [0.3, 0.4) is 0 Å². The van der Waals surface area contributed by atoms with Crippen molar-refractivity contribution < 1.29 is 4.74 Å². The summed E-state index contributed by atoms with van der Waals surface area (Å²) in [5, 5.41) is 0. The number of ether oxygens (including phenoxy) is 1. The normalized spacial score (nSPS) is 16.0. The summed E-state index contributed by atoms with van der Waals surface area (Å²) in [5.41, 5.74) is 4.07. The first-order chi connectivity index (χ1) is 12.2. The standard InChI is InChI=1S/C22H30N2O/c1-4-24(21-6-5-7-22(16-21)25-3)17-18-8-10-19(11-9-18)20-12-14-23(2)15-13-20/h5-11,16,20H,4,12-15,17H2,1-3H3. The Balaban J connectivity index is 1.67. The van der Waals surface area contributed by atoms with E-state index in [1.165, 1.54) is 42.7 Å². The first-order valence-corrected chi connectivity index (χ1v) is 9.36. The van der Waals surface area contributed by atoms with E-state index in [1.807, 2.05) is 6.07 Å². The van der Waals surface area contributed by atoms with Crippen molar-refractivity contribution in [2.75, 3.05) is 38.7 Å². The van der Waals surface area contributed by atoms with Crippen LogP contribution in [0.1, 0.15) is 36.8 Å². The molecule has 3 nitrogen and oxygen atoms in total. The lowest BCUT2D eigenvalue weighted by atomic mass is 9.89. The van der Waals surface area contributed by atoms with Crippen LogP contribution in [0.5, 0.6) is 5.75 Å². The number of hydrogen-bond donors (Lipinski definition) is 0. The van der Waals surface area contributed by atoms with E-state index in [2.05, 4.69) is 66.2 Å². The van der Waals surface area contributed by atoms with Gasteiger partial charge in [0.25, 0.3) is 0 Å². The summed E-state index contributed by atoms with van der Waals surface area (Å²) in [7, 11) is 3.94. The highest BCUT2D eigenvalue weighted by Crippen LogP contribution is 2.28. The Labute approximate surface area is 152 Å². The van der Waals surface area contributed by atoms with Crippen LogP contribution in [0.25, 0.3) is 0 Å². The van der Waals surface area contributed by atoms with E-state index < -0.39 is 0 Å². The lowest BCUT2D eigenvalue weighted by molar-refractivity contribution is 0.255. The average Bonchev–Trinajstić information content (AvgIpc) is 2.67. The van der Waals surface area contributed by atoms with Crippen LogP contribution in [-0.4, -0.2) is 38.7 Å². The number of piperidine rings is 1. The zero-order chi connectivity index (χ0) is 17.6. The van der Waals surface area contributed by atoms with Gasteiger partial charge in [0.2, 0.25) is 0 Å². The minimum atomic E-state index is 0.728. The number of hydrogen-bond acceptors (Lipinski definition) is 3. The van der Waals surface area contributed by atoms with Gasteiger partial charge in [-0.2, -0.15) is 0 Å². The molecule has 0 amide bonds. The van der Waals surface area contributed by atoms with Crippen LogP contribution < -0.4 is 9.64 Å². The van der Waals surface area contributed by atoms with E-state index in [4.69, 9.17) is 4.74 Å². The van der Waals surface area contributed by atoms with Crippen LogP contribution in [-0.2, 0) is 6.54 Å². The topological polar surface area (TPSA) is 15.7 Å². The summed E-state index contributed by atoms with van der Waals surface area (Å²) in [6, 6.07) is 17.6. The van der Waals surface area contributed by atoms with Crippen molar-refractivity contribution >= 4 is 5.69 Å². The molecule has 0 saturated carbocycles. The van der Waals surface area contributed by atoms with Crippen LogP contribution in [0.15, 0.2) is 48.5 Å². The number of anilines is 1. The minimum absolute atomic E-state index is 0.728. The molecular formula is C22H30N2O. The number of benzene rings is 2. The molecule has 0 unspecified atom stereocenters. The summed E-state index contributed by atoms with van der Waals surface area (Å²) >= 11 is 0. The summed E-state index contributed by atoms with van der Waals surface area (Å²) in [6.45, 7) is 6.53. The molecular weight excluding hydrogens is 308 g/mol. The van der Waals surface area contributed by atoms with E-state index >= 15 is 0 Å². The molecule has 2 aromatic rings. The van der Waals surface area contributed by atoms with Gasteiger partial charge < -0.3 is 14.5 Å². The number of methoxy groups -OCH3 is 1. The molecule has 3 rings (SSSR count). The van der Waals surface area contributed by atoms with Crippen molar-refractivity contribution in [2.24, 2.45) is 0 Å². The summed E-state index contributed by atoms with van der Waals surface area (Å²) in [6.07, 6.45) is 2.56. The number of nitrogens with zero attached hydrogens (tertiary/aromatic N) is 2. The van der Waals surface area contributed by atoms with E-state index in [0.29, 0.717) is 0 Å². The second-order valence-corrected chi connectivity index (χ2v) is 7.03. The lowest BCUT2D eigenvalue weighted by Gasteiger charge is -2.29. The molecule has 0 aromatic heterocycles. The largest absolute Gasteiger partial charge is 0.497 e. The fraction of sp³-hybridized carbons (Fsp3) is 0.455. The van der Waals surface area contributed by atoms with Gasteiger partial charge in [-0.05, 0) is 69.1 Å². The smallest absolute Gasteiger partial charge is 0.120 e. The van der Waals surface area contributed by atoms with Crippen molar-refractivity contribution in [3.63, 3.8) is 0 Å². The second-order valence-electron chi connectivity index (χ2n) is 7.03. The monoisotopic (exact) mass is 338 g/mol. The van der Waals surface area contributed by atoms with Crippen LogP contribution in [0, 0.1) is 0 Å². The first kappa shape index (κ1) is 17.8. The fourth-order valence-electron chi connectivity index (χ4n) is 3.65. The van der Waals surface area contributed by atoms with Gasteiger partial charge in [-0.15, -0.1) is 0 Å². The molecule has 0 spiro atoms. The molecule has 1 fully saturated rings. The third kappa shape index (κ3) is 4.55. The van der Waals surface area contributed by atoms with Crippen LogP contribution >= 0.6 is 0 Å². The van der Waals surface area contributed by atoms with Crippen molar-refractivity contribution in [1.82, 2.24) is 4.90 Å².